The van der Waals surface area contributed by atoms with Crippen molar-refractivity contribution in [1.82, 2.24) is 5.32 Å². The van der Waals surface area contributed by atoms with Gasteiger partial charge in [0.1, 0.15) is 0 Å². The highest BCUT2D eigenvalue weighted by atomic mass is 14.9. The maximum atomic E-state index is 4.32. The molecule has 3 fully saturated rings. The third kappa shape index (κ3) is 9.92. The van der Waals surface area contributed by atoms with Crippen molar-refractivity contribution in [3.63, 3.8) is 0 Å². The number of allylic oxidation sites excluding steroid dienone is 8. The Balaban J connectivity index is 1.04. The second kappa shape index (κ2) is 20.4. The Bertz CT molecular complexity index is 1580. The Morgan fingerprint density at radius 3 is 2.40 bits per heavy atom. The first-order valence-corrected chi connectivity index (χ1v) is 25.4. The summed E-state index contributed by atoms with van der Waals surface area (Å²) in [7, 11) is 0. The minimum atomic E-state index is 0.527. The van der Waals surface area contributed by atoms with Crippen molar-refractivity contribution >= 4 is 5.57 Å². The molecule has 9 atom stereocenters. The molecule has 0 spiro atoms. The molecule has 0 heterocycles. The monoisotopic (exact) mass is 770 g/mol. The highest BCUT2D eigenvalue weighted by molar-refractivity contribution is 5.66. The van der Waals surface area contributed by atoms with E-state index in [4.69, 9.17) is 0 Å². The van der Waals surface area contributed by atoms with Crippen LogP contribution in [0.2, 0.25) is 0 Å². The summed E-state index contributed by atoms with van der Waals surface area (Å²) in [6, 6.07) is 11.8. The summed E-state index contributed by atoms with van der Waals surface area (Å²) in [6.45, 7) is 8.74. The molecule has 1 nitrogen and oxygen atoms in total. The molecule has 0 aromatic heterocycles. The van der Waals surface area contributed by atoms with Crippen molar-refractivity contribution in [2.45, 2.75) is 187 Å². The van der Waals surface area contributed by atoms with Gasteiger partial charge in [0.25, 0.3) is 0 Å². The van der Waals surface area contributed by atoms with Gasteiger partial charge in [-0.2, -0.15) is 0 Å². The van der Waals surface area contributed by atoms with Gasteiger partial charge in [-0.05, 0) is 199 Å². The number of hydrogen-bond donors (Lipinski definition) is 1. The molecule has 1 N–H and O–H groups in total. The zero-order chi connectivity index (χ0) is 39.0. The van der Waals surface area contributed by atoms with Gasteiger partial charge >= 0.3 is 0 Å². The van der Waals surface area contributed by atoms with E-state index in [0.717, 1.165) is 65.7 Å². The molecule has 1 aromatic rings. The van der Waals surface area contributed by atoms with Gasteiger partial charge in [-0.15, -0.1) is 0 Å². The lowest BCUT2D eigenvalue weighted by atomic mass is 9.60. The molecule has 0 radical (unpaired) electrons. The Morgan fingerprint density at radius 2 is 1.56 bits per heavy atom. The van der Waals surface area contributed by atoms with Gasteiger partial charge in [-0.25, -0.2) is 0 Å². The first-order chi connectivity index (χ1) is 28.1. The van der Waals surface area contributed by atoms with Crippen molar-refractivity contribution in [3.05, 3.63) is 88.6 Å². The normalized spacial score (nSPS) is 35.2. The fourth-order valence-corrected chi connectivity index (χ4v) is 14.3. The molecule has 8 rings (SSSR count). The van der Waals surface area contributed by atoms with E-state index < -0.39 is 0 Å². The van der Waals surface area contributed by atoms with Gasteiger partial charge in [0.05, 0.1) is 0 Å². The molecule has 1 aromatic carbocycles. The highest BCUT2D eigenvalue weighted by Gasteiger charge is 2.41. The van der Waals surface area contributed by atoms with Gasteiger partial charge in [-0.3, -0.25) is 0 Å². The quantitative estimate of drug-likeness (QED) is 0.186. The summed E-state index contributed by atoms with van der Waals surface area (Å²) < 4.78 is 0. The molecule has 9 unspecified atom stereocenters. The molecule has 57 heavy (non-hydrogen) atoms. The molecular weight excluding hydrogens is 687 g/mol. The maximum absolute atomic E-state index is 4.32. The zero-order valence-electron chi connectivity index (χ0n) is 37.0. The van der Waals surface area contributed by atoms with Crippen molar-refractivity contribution in [2.24, 2.45) is 59.2 Å². The molecule has 0 bridgehead atoms. The van der Waals surface area contributed by atoms with Crippen LogP contribution in [0.4, 0.5) is 0 Å². The first kappa shape index (κ1) is 41.6. The molecule has 7 aliphatic rings. The highest BCUT2D eigenvalue weighted by Crippen LogP contribution is 2.53. The molecular formula is C56H83N. The third-order valence-corrected chi connectivity index (χ3v) is 17.5. The predicted octanol–water partition coefficient (Wildman–Crippen LogP) is 15.8. The van der Waals surface area contributed by atoms with Crippen molar-refractivity contribution in [3.8, 4) is 0 Å². The van der Waals surface area contributed by atoms with Gasteiger partial charge in [-0.1, -0.05) is 136 Å². The molecule has 0 saturated heterocycles. The topological polar surface area (TPSA) is 12.0 Å². The van der Waals surface area contributed by atoms with E-state index in [1.165, 1.54) is 166 Å². The Hall–Kier alpha value is -2.12. The third-order valence-electron chi connectivity index (χ3n) is 17.5. The number of unbranched alkanes of at least 4 members (excludes halogenated alkanes) is 1. The zero-order valence-corrected chi connectivity index (χ0v) is 37.0. The van der Waals surface area contributed by atoms with Crippen molar-refractivity contribution in [2.75, 3.05) is 6.54 Å². The fraction of sp³-hybridized carbons (Fsp3) is 0.714. The number of rotatable bonds is 14. The van der Waals surface area contributed by atoms with Crippen LogP contribution in [-0.2, 0) is 0 Å². The van der Waals surface area contributed by atoms with Crippen LogP contribution in [0.3, 0.4) is 0 Å². The first-order valence-electron chi connectivity index (χ1n) is 25.4. The standard InChI is InChI=1S/C56H83N/c1-4-6-18-45(17-5-2)51-35-36-55(54-28-15-14-27-53(51)54)56(39-57-49-34-33-43-21-10-11-22-48(43)38-49)52-26-13-12-25-50(52)40(3)41-29-31-44(32-30-41)47-24-16-23-46(37-47)42-19-8-7-9-20-42/h7-9,11,19-20,22,33-34,37,40-41,43-45,47-50,54-55,57H,4-6,10,12-18,21,23-32,35-36,38-39H2,1-3H3/b56-52+. The van der Waals surface area contributed by atoms with Crippen LogP contribution in [0.15, 0.2) is 83.0 Å². The SMILES string of the molecule is CCCCC(CCC)C1=C2CCCCC2C(/C(CNC2C=CC3CCC=CC3C2)=C2\CCCCC2C(C)C2CCC(C3C=C(c4ccccc4)CCC3)CC2)CC1. The van der Waals surface area contributed by atoms with E-state index in [1.807, 2.05) is 22.3 Å². The van der Waals surface area contributed by atoms with E-state index in [-0.39, 0.29) is 0 Å². The summed E-state index contributed by atoms with van der Waals surface area (Å²) in [5, 5.41) is 4.32. The van der Waals surface area contributed by atoms with Crippen LogP contribution in [0.1, 0.15) is 187 Å². The van der Waals surface area contributed by atoms with Crippen molar-refractivity contribution < 1.29 is 0 Å². The van der Waals surface area contributed by atoms with E-state index in [1.54, 1.807) is 5.57 Å². The van der Waals surface area contributed by atoms with Crippen LogP contribution in [0.5, 0.6) is 0 Å². The average molecular weight is 770 g/mol. The van der Waals surface area contributed by atoms with Crippen LogP contribution >= 0.6 is 0 Å². The largest absolute Gasteiger partial charge is 0.307 e. The maximum Gasteiger partial charge on any atom is 0.0259 e. The Morgan fingerprint density at radius 1 is 0.719 bits per heavy atom. The van der Waals surface area contributed by atoms with E-state index in [9.17, 15) is 0 Å². The lowest BCUT2D eigenvalue weighted by Gasteiger charge is -2.45. The van der Waals surface area contributed by atoms with E-state index in [0.29, 0.717) is 6.04 Å². The summed E-state index contributed by atoms with van der Waals surface area (Å²) in [5.41, 5.74) is 11.0. The van der Waals surface area contributed by atoms with Gasteiger partial charge in [0.15, 0.2) is 0 Å². The lowest BCUT2D eigenvalue weighted by Crippen LogP contribution is -2.39. The summed E-state index contributed by atoms with van der Waals surface area (Å²) in [4.78, 5) is 0. The lowest BCUT2D eigenvalue weighted by molar-refractivity contribution is 0.143. The number of nitrogens with one attached hydrogen (secondary N) is 1. The Kier molecular flexibility index (Phi) is 14.9. The van der Waals surface area contributed by atoms with Crippen LogP contribution in [0.25, 0.3) is 5.57 Å². The van der Waals surface area contributed by atoms with Crippen molar-refractivity contribution in [1.29, 1.82) is 0 Å². The van der Waals surface area contributed by atoms with Gasteiger partial charge in [0, 0.05) is 12.6 Å². The number of fused-ring (bicyclic) bond motifs is 2. The molecule has 3 saturated carbocycles. The van der Waals surface area contributed by atoms with E-state index in [2.05, 4.69) is 86.8 Å². The second-order valence-corrected chi connectivity index (χ2v) is 20.7. The average Bonchev–Trinajstić information content (AvgIpc) is 3.28. The predicted molar refractivity (Wildman–Crippen MR) is 246 cm³/mol. The molecule has 7 aliphatic carbocycles. The summed E-state index contributed by atoms with van der Waals surface area (Å²) >= 11 is 0. The van der Waals surface area contributed by atoms with Crippen LogP contribution in [-0.4, -0.2) is 12.6 Å². The summed E-state index contributed by atoms with van der Waals surface area (Å²) in [6.07, 6.45) is 48.1. The minimum absolute atomic E-state index is 0.527. The van der Waals surface area contributed by atoms with Gasteiger partial charge < -0.3 is 5.32 Å². The van der Waals surface area contributed by atoms with E-state index >= 15 is 0 Å². The molecule has 0 aliphatic heterocycles. The van der Waals surface area contributed by atoms with Gasteiger partial charge in [0.2, 0.25) is 0 Å². The van der Waals surface area contributed by atoms with Crippen LogP contribution < -0.4 is 5.32 Å². The van der Waals surface area contributed by atoms with Crippen LogP contribution in [0, 0.1) is 59.2 Å². The fourth-order valence-electron chi connectivity index (χ4n) is 14.3. The number of hydrogen-bond acceptors (Lipinski definition) is 1. The molecule has 312 valence electrons. The molecule has 1 heteroatoms. The summed E-state index contributed by atoms with van der Waals surface area (Å²) in [5.74, 6) is 8.20. The smallest absolute Gasteiger partial charge is 0.0259 e. The minimum Gasteiger partial charge on any atom is -0.307 e. The number of benzene rings is 1. The second-order valence-electron chi connectivity index (χ2n) is 20.7. The Labute approximate surface area is 351 Å². The molecule has 0 amide bonds.